The second-order valence-electron chi connectivity index (χ2n) is 5.15. The number of amides is 1. The lowest BCUT2D eigenvalue weighted by molar-refractivity contribution is -0.118. The van der Waals surface area contributed by atoms with Crippen LogP contribution >= 0.6 is 0 Å². The summed E-state index contributed by atoms with van der Waals surface area (Å²) in [6.45, 7) is -0.152. The minimum absolute atomic E-state index is 0.152. The molecule has 0 atom stereocenters. The molecule has 0 spiro atoms. The van der Waals surface area contributed by atoms with Gasteiger partial charge in [-0.1, -0.05) is 6.07 Å². The van der Waals surface area contributed by atoms with Crippen molar-refractivity contribution in [2.45, 2.75) is 0 Å². The SMILES string of the molecule is N#Cc1ccc(OCC(=O)Nc2cccc(Oc3cnccn3)c2)cc1. The lowest BCUT2D eigenvalue weighted by Crippen LogP contribution is -2.20. The number of hydrogen-bond acceptors (Lipinski definition) is 6. The van der Waals surface area contributed by atoms with E-state index in [9.17, 15) is 4.79 Å². The van der Waals surface area contributed by atoms with Crippen LogP contribution in [0.4, 0.5) is 5.69 Å². The van der Waals surface area contributed by atoms with Crippen molar-refractivity contribution in [2.75, 3.05) is 11.9 Å². The Labute approximate surface area is 149 Å². The molecule has 7 heteroatoms. The largest absolute Gasteiger partial charge is 0.484 e. The summed E-state index contributed by atoms with van der Waals surface area (Å²) in [6, 6.07) is 15.5. The monoisotopic (exact) mass is 346 g/mol. The molecule has 0 saturated heterocycles. The van der Waals surface area contributed by atoms with Crippen molar-refractivity contribution in [1.82, 2.24) is 9.97 Å². The minimum atomic E-state index is -0.314. The number of benzene rings is 2. The number of hydrogen-bond donors (Lipinski definition) is 1. The van der Waals surface area contributed by atoms with Crippen LogP contribution in [0.2, 0.25) is 0 Å². The van der Waals surface area contributed by atoms with Crippen LogP contribution in [-0.4, -0.2) is 22.5 Å². The van der Waals surface area contributed by atoms with E-state index in [-0.39, 0.29) is 12.5 Å². The third kappa shape index (κ3) is 4.79. The summed E-state index contributed by atoms with van der Waals surface area (Å²) in [7, 11) is 0. The van der Waals surface area contributed by atoms with Crippen molar-refractivity contribution in [2.24, 2.45) is 0 Å². The Morgan fingerprint density at radius 1 is 1.12 bits per heavy atom. The maximum absolute atomic E-state index is 12.0. The van der Waals surface area contributed by atoms with E-state index in [1.54, 1.807) is 54.7 Å². The van der Waals surface area contributed by atoms with E-state index in [1.807, 2.05) is 6.07 Å². The van der Waals surface area contributed by atoms with Gasteiger partial charge in [0.1, 0.15) is 11.5 Å². The molecule has 1 amide bonds. The predicted octanol–water partition coefficient (Wildman–Crippen LogP) is 3.16. The molecule has 3 aromatic rings. The van der Waals surface area contributed by atoms with Gasteiger partial charge in [0.15, 0.2) is 6.61 Å². The number of nitrogens with one attached hydrogen (secondary N) is 1. The highest BCUT2D eigenvalue weighted by Gasteiger charge is 2.06. The molecule has 0 aliphatic carbocycles. The molecule has 26 heavy (non-hydrogen) atoms. The maximum Gasteiger partial charge on any atom is 0.262 e. The van der Waals surface area contributed by atoms with Crippen LogP contribution < -0.4 is 14.8 Å². The zero-order chi connectivity index (χ0) is 18.2. The molecule has 1 aromatic heterocycles. The Kier molecular flexibility index (Phi) is 5.38. The molecular formula is C19H14N4O3. The fourth-order valence-electron chi connectivity index (χ4n) is 2.07. The van der Waals surface area contributed by atoms with Crippen LogP contribution in [0, 0.1) is 11.3 Å². The number of aromatic nitrogens is 2. The molecule has 0 unspecified atom stereocenters. The summed E-state index contributed by atoms with van der Waals surface area (Å²) >= 11 is 0. The predicted molar refractivity (Wildman–Crippen MR) is 93.8 cm³/mol. The molecule has 128 valence electrons. The average Bonchev–Trinajstić information content (AvgIpc) is 2.68. The van der Waals surface area contributed by atoms with Gasteiger partial charge in [0.25, 0.3) is 5.91 Å². The number of ether oxygens (including phenoxy) is 2. The van der Waals surface area contributed by atoms with E-state index in [0.717, 1.165) is 0 Å². The first-order valence-corrected chi connectivity index (χ1v) is 7.70. The van der Waals surface area contributed by atoms with E-state index in [0.29, 0.717) is 28.6 Å². The highest BCUT2D eigenvalue weighted by atomic mass is 16.5. The minimum Gasteiger partial charge on any atom is -0.484 e. The van der Waals surface area contributed by atoms with Gasteiger partial charge in [-0.3, -0.25) is 9.78 Å². The van der Waals surface area contributed by atoms with E-state index >= 15 is 0 Å². The summed E-state index contributed by atoms with van der Waals surface area (Å²) < 4.78 is 11.0. The van der Waals surface area contributed by atoms with Gasteiger partial charge in [-0.25, -0.2) is 4.98 Å². The first kappa shape index (κ1) is 16.9. The fraction of sp³-hybridized carbons (Fsp3) is 0.0526. The maximum atomic E-state index is 12.0. The van der Waals surface area contributed by atoms with Crippen LogP contribution in [0.5, 0.6) is 17.4 Å². The Morgan fingerprint density at radius 2 is 1.96 bits per heavy atom. The third-order valence-electron chi connectivity index (χ3n) is 3.23. The van der Waals surface area contributed by atoms with Crippen LogP contribution in [0.3, 0.4) is 0 Å². The summed E-state index contributed by atoms with van der Waals surface area (Å²) in [4.78, 5) is 20.0. The standard InChI is InChI=1S/C19H14N4O3/c20-11-14-4-6-16(7-5-14)25-13-18(24)23-15-2-1-3-17(10-15)26-19-12-21-8-9-22-19/h1-10,12H,13H2,(H,23,24). The van der Waals surface area contributed by atoms with Crippen molar-refractivity contribution >= 4 is 11.6 Å². The molecular weight excluding hydrogens is 332 g/mol. The molecule has 0 fully saturated rings. The molecule has 2 aromatic carbocycles. The van der Waals surface area contributed by atoms with Gasteiger partial charge in [0.2, 0.25) is 5.88 Å². The molecule has 3 rings (SSSR count). The van der Waals surface area contributed by atoms with E-state index in [2.05, 4.69) is 15.3 Å². The second-order valence-corrected chi connectivity index (χ2v) is 5.15. The summed E-state index contributed by atoms with van der Waals surface area (Å²) in [5.74, 6) is 1.08. The molecule has 0 aliphatic heterocycles. The zero-order valence-corrected chi connectivity index (χ0v) is 13.6. The number of carbonyl (C=O) groups is 1. The molecule has 7 nitrogen and oxygen atoms in total. The summed E-state index contributed by atoms with van der Waals surface area (Å²) in [5, 5.41) is 11.5. The molecule has 1 heterocycles. The Hall–Kier alpha value is -3.92. The summed E-state index contributed by atoms with van der Waals surface area (Å²) in [6.07, 6.45) is 4.58. The van der Waals surface area contributed by atoms with Gasteiger partial charge in [-0.2, -0.15) is 5.26 Å². The van der Waals surface area contributed by atoms with Crippen molar-refractivity contribution < 1.29 is 14.3 Å². The molecule has 0 radical (unpaired) electrons. The van der Waals surface area contributed by atoms with E-state index in [4.69, 9.17) is 14.7 Å². The van der Waals surface area contributed by atoms with E-state index in [1.165, 1.54) is 12.4 Å². The smallest absolute Gasteiger partial charge is 0.262 e. The normalized spacial score (nSPS) is 9.81. The van der Waals surface area contributed by atoms with Gasteiger partial charge in [-0.15, -0.1) is 0 Å². The fourth-order valence-corrected chi connectivity index (χ4v) is 2.07. The van der Waals surface area contributed by atoms with Gasteiger partial charge < -0.3 is 14.8 Å². The van der Waals surface area contributed by atoms with Crippen molar-refractivity contribution in [3.63, 3.8) is 0 Å². The van der Waals surface area contributed by atoms with Crippen LogP contribution in [0.15, 0.2) is 67.1 Å². The van der Waals surface area contributed by atoms with Crippen LogP contribution in [-0.2, 0) is 4.79 Å². The van der Waals surface area contributed by atoms with Crippen LogP contribution in [0.1, 0.15) is 5.56 Å². The number of rotatable bonds is 6. The Morgan fingerprint density at radius 3 is 2.69 bits per heavy atom. The highest BCUT2D eigenvalue weighted by Crippen LogP contribution is 2.22. The van der Waals surface area contributed by atoms with Gasteiger partial charge in [0, 0.05) is 24.1 Å². The molecule has 1 N–H and O–H groups in total. The third-order valence-corrected chi connectivity index (χ3v) is 3.23. The number of nitriles is 1. The van der Waals surface area contributed by atoms with Gasteiger partial charge >= 0.3 is 0 Å². The first-order valence-electron chi connectivity index (χ1n) is 7.70. The molecule has 0 bridgehead atoms. The van der Waals surface area contributed by atoms with Crippen molar-refractivity contribution in [1.29, 1.82) is 5.26 Å². The lowest BCUT2D eigenvalue weighted by atomic mass is 10.2. The topological polar surface area (TPSA) is 97.1 Å². The lowest BCUT2D eigenvalue weighted by Gasteiger charge is -2.09. The number of nitrogens with zero attached hydrogens (tertiary/aromatic N) is 3. The molecule has 0 aliphatic rings. The first-order chi connectivity index (χ1) is 12.7. The number of carbonyl (C=O) groups excluding carboxylic acids is 1. The number of anilines is 1. The van der Waals surface area contributed by atoms with Crippen LogP contribution in [0.25, 0.3) is 0 Å². The average molecular weight is 346 g/mol. The Balaban J connectivity index is 1.55. The quantitative estimate of drug-likeness (QED) is 0.736. The zero-order valence-electron chi connectivity index (χ0n) is 13.6. The van der Waals surface area contributed by atoms with Crippen molar-refractivity contribution in [3.8, 4) is 23.4 Å². The highest BCUT2D eigenvalue weighted by molar-refractivity contribution is 5.92. The molecule has 0 saturated carbocycles. The van der Waals surface area contributed by atoms with Gasteiger partial charge in [0.05, 0.1) is 17.8 Å². The Bertz CT molecular complexity index is 922. The van der Waals surface area contributed by atoms with Crippen molar-refractivity contribution in [3.05, 3.63) is 72.7 Å². The van der Waals surface area contributed by atoms with E-state index < -0.39 is 0 Å². The second kappa shape index (κ2) is 8.26. The van der Waals surface area contributed by atoms with Gasteiger partial charge in [-0.05, 0) is 36.4 Å². The summed E-state index contributed by atoms with van der Waals surface area (Å²) in [5.41, 5.74) is 1.10.